The number of aromatic nitrogens is 1. The normalized spacial score (nSPS) is 11.3. The third kappa shape index (κ3) is 4.00. The summed E-state index contributed by atoms with van der Waals surface area (Å²) in [6.45, 7) is 0. The van der Waals surface area contributed by atoms with Crippen molar-refractivity contribution in [2.75, 3.05) is 0 Å². The van der Waals surface area contributed by atoms with Crippen LogP contribution in [0.5, 0.6) is 0 Å². The molecule has 1 heterocycles. The van der Waals surface area contributed by atoms with Crippen molar-refractivity contribution in [3.8, 4) is 39.6 Å². The highest BCUT2D eigenvalue weighted by Crippen LogP contribution is 2.41. The molecule has 0 aliphatic rings. The lowest BCUT2D eigenvalue weighted by atomic mass is 9.90. The molecule has 0 N–H and O–H groups in total. The van der Waals surface area contributed by atoms with Gasteiger partial charge in [0.05, 0.1) is 22.8 Å². The van der Waals surface area contributed by atoms with Crippen molar-refractivity contribution in [2.45, 2.75) is 0 Å². The van der Waals surface area contributed by atoms with Crippen LogP contribution in [0, 0.1) is 11.3 Å². The van der Waals surface area contributed by atoms with Gasteiger partial charge in [0, 0.05) is 16.3 Å². The molecule has 0 radical (unpaired) electrons. The van der Waals surface area contributed by atoms with Gasteiger partial charge in [-0.05, 0) is 85.6 Å². The van der Waals surface area contributed by atoms with Crippen LogP contribution >= 0.6 is 0 Å². The SMILES string of the molecule is N#Cc1cccc(-c2cc(-c3ccc4ccccc4c3)c3cc(-c4ccc5ccccc5c4)c4ccccc4c3n2)c1. The van der Waals surface area contributed by atoms with E-state index in [0.29, 0.717) is 5.56 Å². The largest absolute Gasteiger partial charge is 0.247 e. The molecule has 8 aromatic rings. The van der Waals surface area contributed by atoms with Gasteiger partial charge in [-0.3, -0.25) is 0 Å². The molecule has 2 heteroatoms. The molecule has 194 valence electrons. The average Bonchev–Trinajstić information content (AvgIpc) is 3.07. The van der Waals surface area contributed by atoms with Crippen LogP contribution < -0.4 is 0 Å². The molecule has 8 rings (SSSR count). The molecule has 0 saturated heterocycles. The molecule has 0 aliphatic heterocycles. The Morgan fingerprint density at radius 2 is 1.02 bits per heavy atom. The second-order valence-corrected chi connectivity index (χ2v) is 10.7. The van der Waals surface area contributed by atoms with Crippen molar-refractivity contribution in [2.24, 2.45) is 0 Å². The average molecular weight is 533 g/mol. The van der Waals surface area contributed by atoms with Gasteiger partial charge in [-0.15, -0.1) is 0 Å². The van der Waals surface area contributed by atoms with Crippen molar-refractivity contribution in [1.82, 2.24) is 4.98 Å². The van der Waals surface area contributed by atoms with Crippen molar-refractivity contribution in [1.29, 1.82) is 5.26 Å². The molecule has 0 spiro atoms. The Morgan fingerprint density at radius 1 is 0.429 bits per heavy atom. The van der Waals surface area contributed by atoms with Gasteiger partial charge in [0.1, 0.15) is 0 Å². The van der Waals surface area contributed by atoms with Gasteiger partial charge in [-0.2, -0.15) is 5.26 Å². The van der Waals surface area contributed by atoms with Crippen molar-refractivity contribution in [3.63, 3.8) is 0 Å². The lowest BCUT2D eigenvalue weighted by Crippen LogP contribution is -1.94. The van der Waals surface area contributed by atoms with E-state index >= 15 is 0 Å². The molecule has 0 bridgehead atoms. The quantitative estimate of drug-likeness (QED) is 0.212. The number of rotatable bonds is 3. The molecule has 1 aromatic heterocycles. The number of fused-ring (bicyclic) bond motifs is 5. The number of benzene rings is 7. The topological polar surface area (TPSA) is 36.7 Å². The van der Waals surface area contributed by atoms with Crippen molar-refractivity contribution >= 4 is 43.2 Å². The maximum Gasteiger partial charge on any atom is 0.0991 e. The first-order chi connectivity index (χ1) is 20.7. The Kier molecular flexibility index (Phi) is 5.55. The first kappa shape index (κ1) is 24.1. The van der Waals surface area contributed by atoms with Crippen LogP contribution in [0.4, 0.5) is 0 Å². The Hall–Kier alpha value is -5.78. The second kappa shape index (κ2) is 9.70. The number of nitriles is 1. The van der Waals surface area contributed by atoms with Gasteiger partial charge in [-0.1, -0.05) is 109 Å². The fraction of sp³-hybridized carbons (Fsp3) is 0. The van der Waals surface area contributed by atoms with Crippen molar-refractivity contribution in [3.05, 3.63) is 151 Å². The molecule has 7 aromatic carbocycles. The maximum atomic E-state index is 9.59. The van der Waals surface area contributed by atoms with Gasteiger partial charge in [0.2, 0.25) is 0 Å². The Bertz CT molecular complexity index is 2380. The number of hydrogen-bond donors (Lipinski definition) is 0. The molecular formula is C40H24N2. The number of pyridine rings is 1. The molecule has 0 amide bonds. The van der Waals surface area contributed by atoms with Gasteiger partial charge in [0.25, 0.3) is 0 Å². The Labute approximate surface area is 243 Å². The fourth-order valence-electron chi connectivity index (χ4n) is 6.14. The highest BCUT2D eigenvalue weighted by Gasteiger charge is 2.16. The lowest BCUT2D eigenvalue weighted by Gasteiger charge is -2.16. The third-order valence-corrected chi connectivity index (χ3v) is 8.23. The fourth-order valence-corrected chi connectivity index (χ4v) is 6.14. The molecule has 0 fully saturated rings. The van der Waals surface area contributed by atoms with Crippen LogP contribution in [0.3, 0.4) is 0 Å². The minimum absolute atomic E-state index is 0.623. The van der Waals surface area contributed by atoms with E-state index in [1.807, 2.05) is 24.3 Å². The smallest absolute Gasteiger partial charge is 0.0991 e. The summed E-state index contributed by atoms with van der Waals surface area (Å²) in [7, 11) is 0. The van der Waals surface area contributed by atoms with E-state index < -0.39 is 0 Å². The second-order valence-electron chi connectivity index (χ2n) is 10.7. The van der Waals surface area contributed by atoms with Gasteiger partial charge in [-0.25, -0.2) is 4.98 Å². The lowest BCUT2D eigenvalue weighted by molar-refractivity contribution is 1.40. The summed E-state index contributed by atoms with van der Waals surface area (Å²) >= 11 is 0. The minimum Gasteiger partial charge on any atom is -0.247 e. The zero-order valence-electron chi connectivity index (χ0n) is 22.8. The molecule has 2 nitrogen and oxygen atoms in total. The standard InChI is InChI=1S/C40H24N2/c41-25-26-8-7-13-33(20-26)39-24-37(32-19-17-28-10-2-4-12-30(28)22-32)38-23-36(34-14-5-6-15-35(34)40(38)42-39)31-18-16-27-9-1-3-11-29(27)21-31/h1-24H. The zero-order valence-corrected chi connectivity index (χ0v) is 22.8. The summed E-state index contributed by atoms with van der Waals surface area (Å²) in [5.41, 5.74) is 7.99. The molecule has 0 unspecified atom stereocenters. The van der Waals surface area contributed by atoms with Gasteiger partial charge < -0.3 is 0 Å². The number of nitrogens with zero attached hydrogens (tertiary/aromatic N) is 2. The Balaban J connectivity index is 1.48. The number of hydrogen-bond acceptors (Lipinski definition) is 2. The monoisotopic (exact) mass is 532 g/mol. The summed E-state index contributed by atoms with van der Waals surface area (Å²) < 4.78 is 0. The first-order valence-corrected chi connectivity index (χ1v) is 14.1. The Morgan fingerprint density at radius 3 is 1.69 bits per heavy atom. The molecular weight excluding hydrogens is 508 g/mol. The highest BCUT2D eigenvalue weighted by atomic mass is 14.7. The third-order valence-electron chi connectivity index (χ3n) is 8.23. The molecule has 42 heavy (non-hydrogen) atoms. The van der Waals surface area contributed by atoms with E-state index in [1.54, 1.807) is 0 Å². The molecule has 0 aliphatic carbocycles. The predicted molar refractivity (Wildman–Crippen MR) is 175 cm³/mol. The van der Waals surface area contributed by atoms with Crippen LogP contribution in [0.2, 0.25) is 0 Å². The van der Waals surface area contributed by atoms with Crippen molar-refractivity contribution < 1.29 is 0 Å². The van der Waals surface area contributed by atoms with E-state index in [4.69, 9.17) is 4.98 Å². The summed E-state index contributed by atoms with van der Waals surface area (Å²) in [5, 5.41) is 17.8. The van der Waals surface area contributed by atoms with Gasteiger partial charge >= 0.3 is 0 Å². The van der Waals surface area contributed by atoms with E-state index in [1.165, 1.54) is 38.1 Å². The van der Waals surface area contributed by atoms with Crippen LogP contribution in [0.1, 0.15) is 5.56 Å². The molecule has 0 saturated carbocycles. The summed E-state index contributed by atoms with van der Waals surface area (Å²) in [4.78, 5) is 5.27. The van der Waals surface area contributed by atoms with Crippen LogP contribution in [0.25, 0.3) is 76.7 Å². The summed E-state index contributed by atoms with van der Waals surface area (Å²) in [6, 6.07) is 53.4. The predicted octanol–water partition coefficient (Wildman–Crippen LogP) is 10.6. The highest BCUT2D eigenvalue weighted by molar-refractivity contribution is 6.16. The first-order valence-electron chi connectivity index (χ1n) is 14.1. The molecule has 0 atom stereocenters. The van der Waals surface area contributed by atoms with Crippen LogP contribution in [-0.4, -0.2) is 4.98 Å². The minimum atomic E-state index is 0.623. The van der Waals surface area contributed by atoms with Gasteiger partial charge in [0.15, 0.2) is 0 Å². The van der Waals surface area contributed by atoms with Crippen LogP contribution in [0.15, 0.2) is 146 Å². The van der Waals surface area contributed by atoms with E-state index in [0.717, 1.165) is 38.7 Å². The zero-order chi connectivity index (χ0) is 28.0. The summed E-state index contributed by atoms with van der Waals surface area (Å²) in [6.07, 6.45) is 0. The van der Waals surface area contributed by atoms with E-state index in [9.17, 15) is 5.26 Å². The van der Waals surface area contributed by atoms with E-state index in [-0.39, 0.29) is 0 Å². The van der Waals surface area contributed by atoms with E-state index in [2.05, 4.69) is 127 Å². The summed E-state index contributed by atoms with van der Waals surface area (Å²) in [5.74, 6) is 0. The van der Waals surface area contributed by atoms with Crippen LogP contribution in [-0.2, 0) is 0 Å². The maximum absolute atomic E-state index is 9.59.